The van der Waals surface area contributed by atoms with Gasteiger partial charge in [0.2, 0.25) is 0 Å². The molecule has 166 valence electrons. The lowest BCUT2D eigenvalue weighted by atomic mass is 9.85. The van der Waals surface area contributed by atoms with E-state index in [4.69, 9.17) is 9.15 Å². The monoisotopic (exact) mass is 454 g/mol. The molecular formula is C24H13F3O6. The maximum atomic E-state index is 14.0. The number of ether oxygens (including phenoxy) is 1. The van der Waals surface area contributed by atoms with E-state index in [1.807, 2.05) is 0 Å². The third kappa shape index (κ3) is 3.38. The second-order valence-electron chi connectivity index (χ2n) is 7.56. The number of carbonyl (C=O) groups excluding carboxylic acids is 1. The highest BCUT2D eigenvalue weighted by atomic mass is 19.2. The van der Waals surface area contributed by atoms with Crippen molar-refractivity contribution in [2.24, 2.45) is 0 Å². The van der Waals surface area contributed by atoms with Crippen LogP contribution in [0.2, 0.25) is 0 Å². The number of hydrogen-bond donors (Lipinski definition) is 2. The Morgan fingerprint density at radius 2 is 1.58 bits per heavy atom. The highest BCUT2D eigenvalue weighted by molar-refractivity contribution is 5.93. The summed E-state index contributed by atoms with van der Waals surface area (Å²) in [4.78, 5) is 25.1. The Morgan fingerprint density at radius 3 is 2.24 bits per heavy atom. The number of phenols is 2. The molecule has 0 bridgehead atoms. The lowest BCUT2D eigenvalue weighted by Gasteiger charge is -2.26. The quantitative estimate of drug-likeness (QED) is 0.258. The van der Waals surface area contributed by atoms with E-state index >= 15 is 0 Å². The van der Waals surface area contributed by atoms with Crippen molar-refractivity contribution in [2.45, 2.75) is 12.3 Å². The Bertz CT molecular complexity index is 1480. The molecule has 0 spiro atoms. The minimum Gasteiger partial charge on any atom is -0.508 e. The van der Waals surface area contributed by atoms with E-state index in [1.165, 1.54) is 24.3 Å². The van der Waals surface area contributed by atoms with Gasteiger partial charge in [-0.15, -0.1) is 0 Å². The molecule has 4 aromatic rings. The average molecular weight is 454 g/mol. The topological polar surface area (TPSA) is 97.0 Å². The molecule has 0 amide bonds. The SMILES string of the molecule is O=C1CC(c2cc(F)c(F)c(F)c2)c2c(cc(O)c3c(=O)cc(-c4ccc(O)cc4)oc23)O1. The molecule has 0 aliphatic carbocycles. The number of hydrogen-bond acceptors (Lipinski definition) is 6. The molecular weight excluding hydrogens is 441 g/mol. The molecule has 1 aromatic heterocycles. The van der Waals surface area contributed by atoms with Crippen molar-refractivity contribution in [1.29, 1.82) is 0 Å². The molecule has 9 heteroatoms. The van der Waals surface area contributed by atoms with Gasteiger partial charge in [-0.25, -0.2) is 13.2 Å². The molecule has 3 aromatic carbocycles. The minimum absolute atomic E-state index is 0.00995. The third-order valence-electron chi connectivity index (χ3n) is 5.49. The zero-order chi connectivity index (χ0) is 23.4. The number of carbonyl (C=O) groups is 1. The van der Waals surface area contributed by atoms with Gasteiger partial charge in [0.05, 0.1) is 6.42 Å². The zero-order valence-electron chi connectivity index (χ0n) is 16.6. The zero-order valence-corrected chi connectivity index (χ0v) is 16.6. The van der Waals surface area contributed by atoms with Gasteiger partial charge in [-0.05, 0) is 42.0 Å². The van der Waals surface area contributed by atoms with Crippen molar-refractivity contribution < 1.29 is 37.3 Å². The highest BCUT2D eigenvalue weighted by Crippen LogP contribution is 2.46. The first-order valence-corrected chi connectivity index (χ1v) is 9.71. The number of aromatic hydroxyl groups is 2. The lowest BCUT2D eigenvalue weighted by Crippen LogP contribution is -2.22. The summed E-state index contributed by atoms with van der Waals surface area (Å²) < 4.78 is 52.6. The van der Waals surface area contributed by atoms with Crippen molar-refractivity contribution in [3.8, 4) is 28.6 Å². The van der Waals surface area contributed by atoms with Crippen LogP contribution in [0.3, 0.4) is 0 Å². The van der Waals surface area contributed by atoms with Gasteiger partial charge in [-0.3, -0.25) is 9.59 Å². The summed E-state index contributed by atoms with van der Waals surface area (Å²) in [7, 11) is 0. The van der Waals surface area contributed by atoms with Crippen molar-refractivity contribution in [3.63, 3.8) is 0 Å². The molecule has 1 unspecified atom stereocenters. The Hall–Kier alpha value is -4.27. The first-order chi connectivity index (χ1) is 15.7. The van der Waals surface area contributed by atoms with E-state index in [0.29, 0.717) is 5.56 Å². The molecule has 6 nitrogen and oxygen atoms in total. The van der Waals surface area contributed by atoms with Crippen molar-refractivity contribution in [1.82, 2.24) is 0 Å². The normalized spacial score (nSPS) is 15.4. The predicted molar refractivity (Wildman–Crippen MR) is 110 cm³/mol. The number of halogens is 3. The van der Waals surface area contributed by atoms with Crippen LogP contribution in [0, 0.1) is 17.5 Å². The average Bonchev–Trinajstić information content (AvgIpc) is 2.76. The van der Waals surface area contributed by atoms with Gasteiger partial charge in [0, 0.05) is 29.2 Å². The van der Waals surface area contributed by atoms with Crippen molar-refractivity contribution in [3.05, 3.63) is 87.3 Å². The van der Waals surface area contributed by atoms with Crippen LogP contribution in [0.25, 0.3) is 22.3 Å². The molecule has 2 heterocycles. The molecule has 33 heavy (non-hydrogen) atoms. The summed E-state index contributed by atoms with van der Waals surface area (Å²) in [5.74, 6) is -6.96. The molecule has 2 N–H and O–H groups in total. The van der Waals surface area contributed by atoms with Gasteiger partial charge >= 0.3 is 5.97 Å². The Kier molecular flexibility index (Phi) is 4.63. The molecule has 5 rings (SSSR count). The summed E-state index contributed by atoms with van der Waals surface area (Å²) in [5.41, 5.74) is -0.318. The Morgan fingerprint density at radius 1 is 0.909 bits per heavy atom. The smallest absolute Gasteiger partial charge is 0.312 e. The summed E-state index contributed by atoms with van der Waals surface area (Å²) in [6.07, 6.45) is -0.371. The van der Waals surface area contributed by atoms with Gasteiger partial charge in [0.15, 0.2) is 22.9 Å². The second-order valence-corrected chi connectivity index (χ2v) is 7.56. The van der Waals surface area contributed by atoms with Gasteiger partial charge in [0.1, 0.15) is 34.0 Å². The summed E-state index contributed by atoms with van der Waals surface area (Å²) in [5, 5.41) is 19.7. The van der Waals surface area contributed by atoms with Gasteiger partial charge in [-0.1, -0.05) is 0 Å². The predicted octanol–water partition coefficient (Wildman–Crippen LogP) is 4.73. The number of phenolic OH excluding ortho intramolecular Hbond substituents is 2. The minimum atomic E-state index is -1.66. The van der Waals surface area contributed by atoms with Crippen LogP contribution in [0.4, 0.5) is 13.2 Å². The highest BCUT2D eigenvalue weighted by Gasteiger charge is 2.34. The van der Waals surface area contributed by atoms with E-state index in [1.54, 1.807) is 0 Å². The van der Waals surface area contributed by atoms with Crippen LogP contribution in [0.15, 0.2) is 57.7 Å². The van der Waals surface area contributed by atoms with Crippen molar-refractivity contribution in [2.75, 3.05) is 0 Å². The van der Waals surface area contributed by atoms with Gasteiger partial charge < -0.3 is 19.4 Å². The standard InChI is InChI=1S/C24H13F3O6/c25-14-5-11(6-15(26)23(14)27)13-7-20(31)32-19-9-17(30)22-16(29)8-18(33-24(22)21(13)19)10-1-3-12(28)4-2-10/h1-6,8-9,13,28,30H,7H2. The fraction of sp³-hybridized carbons (Fsp3) is 0.0833. The Balaban J connectivity index is 1.82. The van der Waals surface area contributed by atoms with Crippen LogP contribution < -0.4 is 10.2 Å². The molecule has 0 fully saturated rings. The van der Waals surface area contributed by atoms with Gasteiger partial charge in [0.25, 0.3) is 0 Å². The first-order valence-electron chi connectivity index (χ1n) is 9.71. The fourth-order valence-corrected chi connectivity index (χ4v) is 3.99. The molecule has 1 aliphatic rings. The van der Waals surface area contributed by atoms with E-state index in [-0.39, 0.29) is 45.8 Å². The second kappa shape index (κ2) is 7.40. The third-order valence-corrected chi connectivity index (χ3v) is 5.49. The maximum absolute atomic E-state index is 14.0. The Labute approximate surface area is 183 Å². The number of benzene rings is 3. The first kappa shape index (κ1) is 20.6. The van der Waals surface area contributed by atoms with E-state index in [2.05, 4.69) is 0 Å². The molecule has 1 aliphatic heterocycles. The molecule has 0 saturated carbocycles. The van der Waals surface area contributed by atoms with E-state index in [0.717, 1.165) is 24.3 Å². The fourth-order valence-electron chi connectivity index (χ4n) is 3.99. The van der Waals surface area contributed by atoms with Crippen LogP contribution >= 0.6 is 0 Å². The van der Waals surface area contributed by atoms with Crippen LogP contribution in [-0.4, -0.2) is 16.2 Å². The van der Waals surface area contributed by atoms with E-state index < -0.39 is 40.5 Å². The van der Waals surface area contributed by atoms with Crippen molar-refractivity contribution >= 4 is 16.9 Å². The number of fused-ring (bicyclic) bond motifs is 3. The summed E-state index contributed by atoms with van der Waals surface area (Å²) in [6, 6.07) is 9.46. The number of esters is 1. The van der Waals surface area contributed by atoms with Crippen LogP contribution in [-0.2, 0) is 4.79 Å². The van der Waals surface area contributed by atoms with Crippen LogP contribution in [0.5, 0.6) is 17.2 Å². The number of rotatable bonds is 2. The lowest BCUT2D eigenvalue weighted by molar-refractivity contribution is -0.135. The maximum Gasteiger partial charge on any atom is 0.312 e. The molecule has 1 atom stereocenters. The summed E-state index contributed by atoms with van der Waals surface area (Å²) >= 11 is 0. The van der Waals surface area contributed by atoms with Crippen LogP contribution in [0.1, 0.15) is 23.5 Å². The molecule has 0 radical (unpaired) electrons. The largest absolute Gasteiger partial charge is 0.508 e. The summed E-state index contributed by atoms with van der Waals surface area (Å²) in [6.45, 7) is 0. The van der Waals surface area contributed by atoms with Gasteiger partial charge in [-0.2, -0.15) is 0 Å². The van der Waals surface area contributed by atoms with E-state index in [9.17, 15) is 33.0 Å². The molecule has 0 saturated heterocycles.